The molecular formula is C29H33ClN6O4. The van der Waals surface area contributed by atoms with E-state index in [2.05, 4.69) is 20.4 Å². The van der Waals surface area contributed by atoms with Gasteiger partial charge in [-0.3, -0.25) is 19.6 Å². The highest BCUT2D eigenvalue weighted by molar-refractivity contribution is 6.39. The largest absolute Gasteiger partial charge is 0.443 e. The summed E-state index contributed by atoms with van der Waals surface area (Å²) in [5.74, 6) is -0.467. The molecule has 10 nitrogen and oxygen atoms in total. The highest BCUT2D eigenvalue weighted by Gasteiger charge is 2.29. The minimum absolute atomic E-state index is 0.393. The summed E-state index contributed by atoms with van der Waals surface area (Å²) in [5, 5.41) is 10.9. The van der Waals surface area contributed by atoms with E-state index < -0.39 is 23.5 Å². The van der Waals surface area contributed by atoms with E-state index in [1.165, 1.54) is 0 Å². The maximum atomic E-state index is 12.9. The average Bonchev–Trinajstić information content (AvgIpc) is 3.42. The van der Waals surface area contributed by atoms with Crippen LogP contribution in [-0.2, 0) is 20.7 Å². The molecule has 210 valence electrons. The van der Waals surface area contributed by atoms with Crippen LogP contribution in [0, 0.1) is 0 Å². The number of hydrogen-bond acceptors (Lipinski definition) is 6. The van der Waals surface area contributed by atoms with Crippen molar-refractivity contribution in [3.63, 3.8) is 0 Å². The maximum absolute atomic E-state index is 12.9. The fourth-order valence-electron chi connectivity index (χ4n) is 4.90. The molecule has 2 N–H and O–H groups in total. The number of nitrogens with one attached hydrogen (secondary N) is 2. The Kier molecular flexibility index (Phi) is 7.71. The molecule has 11 heteroatoms. The number of amides is 3. The van der Waals surface area contributed by atoms with E-state index in [0.717, 1.165) is 41.2 Å². The lowest BCUT2D eigenvalue weighted by molar-refractivity contribution is -0.143. The number of aromatic amines is 1. The number of nitrogens with zero attached hydrogens (tertiary/aromatic N) is 4. The molecule has 1 saturated heterocycles. The number of benzene rings is 2. The van der Waals surface area contributed by atoms with E-state index in [9.17, 15) is 14.4 Å². The zero-order valence-electron chi connectivity index (χ0n) is 22.9. The summed E-state index contributed by atoms with van der Waals surface area (Å²) >= 11 is 5.98. The standard InChI is InChI=1S/C29H33ClN6O4/c1-29(2,3)40-28(39)36-12-4-5-20-17-22(10-11-24(20)36)31-26(37)27(38)35-15-13-34(14-16-35)25-18-23(32-33-25)19-6-8-21(30)9-7-19/h6-11,17-18H,4-5,12-16H2,1-3H3,(H,31,37)(H,32,33). The summed E-state index contributed by atoms with van der Waals surface area (Å²) in [5.41, 5.74) is 3.48. The van der Waals surface area contributed by atoms with Crippen LogP contribution in [0.2, 0.25) is 5.02 Å². The van der Waals surface area contributed by atoms with Crippen LogP contribution in [0.1, 0.15) is 32.8 Å². The van der Waals surface area contributed by atoms with Crippen molar-refractivity contribution in [1.29, 1.82) is 0 Å². The van der Waals surface area contributed by atoms with Gasteiger partial charge in [0.1, 0.15) is 5.60 Å². The molecule has 3 amide bonds. The molecule has 5 rings (SSSR count). The van der Waals surface area contributed by atoms with Crippen molar-refractivity contribution in [2.45, 2.75) is 39.2 Å². The Morgan fingerprint density at radius 1 is 0.975 bits per heavy atom. The van der Waals surface area contributed by atoms with Gasteiger partial charge in [-0.05, 0) is 75.1 Å². The normalized spacial score (nSPS) is 15.4. The third kappa shape index (κ3) is 6.22. The number of carbonyl (C=O) groups is 3. The molecule has 2 aliphatic rings. The van der Waals surface area contributed by atoms with E-state index >= 15 is 0 Å². The van der Waals surface area contributed by atoms with Gasteiger partial charge >= 0.3 is 17.9 Å². The number of carbonyl (C=O) groups excluding carboxylic acids is 3. The van der Waals surface area contributed by atoms with Gasteiger partial charge in [0.2, 0.25) is 0 Å². The van der Waals surface area contributed by atoms with Gasteiger partial charge in [-0.25, -0.2) is 4.79 Å². The fraction of sp³-hybridized carbons (Fsp3) is 0.379. The van der Waals surface area contributed by atoms with Gasteiger partial charge in [-0.2, -0.15) is 5.10 Å². The van der Waals surface area contributed by atoms with E-state index in [1.54, 1.807) is 21.9 Å². The first kappa shape index (κ1) is 27.5. The Morgan fingerprint density at radius 2 is 1.70 bits per heavy atom. The second-order valence-electron chi connectivity index (χ2n) is 11.0. The van der Waals surface area contributed by atoms with Crippen molar-refractivity contribution in [3.05, 3.63) is 59.1 Å². The van der Waals surface area contributed by atoms with E-state index in [4.69, 9.17) is 16.3 Å². The smallest absolute Gasteiger partial charge is 0.414 e. The van der Waals surface area contributed by atoms with Crippen LogP contribution in [0.5, 0.6) is 0 Å². The van der Waals surface area contributed by atoms with Crippen molar-refractivity contribution < 1.29 is 19.1 Å². The molecule has 0 aliphatic carbocycles. The quantitative estimate of drug-likeness (QED) is 0.446. The number of ether oxygens (including phenoxy) is 1. The van der Waals surface area contributed by atoms with Crippen LogP contribution in [-0.4, -0.2) is 71.3 Å². The first-order valence-electron chi connectivity index (χ1n) is 13.4. The number of aryl methyl sites for hydroxylation is 1. The second-order valence-corrected chi connectivity index (χ2v) is 11.4. The van der Waals surface area contributed by atoms with Gasteiger partial charge < -0.3 is 19.9 Å². The number of hydrogen-bond donors (Lipinski definition) is 2. The van der Waals surface area contributed by atoms with E-state index in [-0.39, 0.29) is 0 Å². The Bertz CT molecular complexity index is 1410. The van der Waals surface area contributed by atoms with E-state index in [0.29, 0.717) is 43.4 Å². The minimum atomic E-state index is -0.682. The lowest BCUT2D eigenvalue weighted by Crippen LogP contribution is -2.51. The number of anilines is 3. The van der Waals surface area contributed by atoms with Crippen LogP contribution in [0.3, 0.4) is 0 Å². The van der Waals surface area contributed by atoms with Crippen LogP contribution >= 0.6 is 11.6 Å². The Labute approximate surface area is 238 Å². The van der Waals surface area contributed by atoms with Crippen LogP contribution in [0.25, 0.3) is 11.3 Å². The predicted octanol–water partition coefficient (Wildman–Crippen LogP) is 4.71. The van der Waals surface area contributed by atoms with Gasteiger partial charge in [-0.15, -0.1) is 0 Å². The van der Waals surface area contributed by atoms with Crippen molar-refractivity contribution in [3.8, 4) is 11.3 Å². The number of H-pyrrole nitrogens is 1. The summed E-state index contributed by atoms with van der Waals surface area (Å²) < 4.78 is 5.54. The summed E-state index contributed by atoms with van der Waals surface area (Å²) in [4.78, 5) is 43.7. The molecule has 0 bridgehead atoms. The molecule has 0 saturated carbocycles. The Balaban J connectivity index is 1.16. The molecule has 2 aromatic carbocycles. The van der Waals surface area contributed by atoms with Gasteiger partial charge in [0, 0.05) is 49.5 Å². The van der Waals surface area contributed by atoms with Crippen molar-refractivity contribution in [1.82, 2.24) is 15.1 Å². The first-order chi connectivity index (χ1) is 19.1. The van der Waals surface area contributed by atoms with Gasteiger partial charge in [-0.1, -0.05) is 23.7 Å². The second kappa shape index (κ2) is 11.2. The third-order valence-corrected chi connectivity index (χ3v) is 7.13. The molecule has 1 fully saturated rings. The molecule has 40 heavy (non-hydrogen) atoms. The van der Waals surface area contributed by atoms with Crippen LogP contribution < -0.4 is 15.1 Å². The number of piperazine rings is 1. The SMILES string of the molecule is CC(C)(C)OC(=O)N1CCCc2cc(NC(=O)C(=O)N3CCN(c4cc(-c5ccc(Cl)cc5)[nH]n4)CC3)ccc21. The van der Waals surface area contributed by atoms with E-state index in [1.807, 2.05) is 57.2 Å². The third-order valence-electron chi connectivity index (χ3n) is 6.87. The average molecular weight is 565 g/mol. The summed E-state index contributed by atoms with van der Waals surface area (Å²) in [6.07, 6.45) is 1.15. The highest BCUT2D eigenvalue weighted by atomic mass is 35.5. The number of halogens is 1. The topological polar surface area (TPSA) is 111 Å². The van der Waals surface area contributed by atoms with Crippen LogP contribution in [0.15, 0.2) is 48.5 Å². The molecule has 0 atom stereocenters. The Hall–Kier alpha value is -4.05. The number of aromatic nitrogens is 2. The monoisotopic (exact) mass is 564 g/mol. The zero-order chi connectivity index (χ0) is 28.4. The molecular weight excluding hydrogens is 532 g/mol. The summed E-state index contributed by atoms with van der Waals surface area (Å²) in [6, 6.07) is 14.8. The summed E-state index contributed by atoms with van der Waals surface area (Å²) in [7, 11) is 0. The van der Waals surface area contributed by atoms with Crippen molar-refractivity contribution in [2.24, 2.45) is 0 Å². The fourth-order valence-corrected chi connectivity index (χ4v) is 5.02. The summed E-state index contributed by atoms with van der Waals surface area (Å²) in [6.45, 7) is 8.00. The molecule has 3 heterocycles. The molecule has 0 unspecified atom stereocenters. The molecule has 1 aromatic heterocycles. The van der Waals surface area contributed by atoms with Gasteiger partial charge in [0.25, 0.3) is 0 Å². The molecule has 3 aromatic rings. The van der Waals surface area contributed by atoms with Crippen molar-refractivity contribution in [2.75, 3.05) is 47.8 Å². The lowest BCUT2D eigenvalue weighted by Gasteiger charge is -2.34. The highest BCUT2D eigenvalue weighted by Crippen LogP contribution is 2.31. The zero-order valence-corrected chi connectivity index (χ0v) is 23.6. The van der Waals surface area contributed by atoms with Crippen LogP contribution in [0.4, 0.5) is 22.0 Å². The lowest BCUT2D eigenvalue weighted by atomic mass is 10.0. The van der Waals surface area contributed by atoms with Gasteiger partial charge in [0.15, 0.2) is 5.82 Å². The Morgan fingerprint density at radius 3 is 2.40 bits per heavy atom. The molecule has 0 spiro atoms. The van der Waals surface area contributed by atoms with Crippen molar-refractivity contribution >= 4 is 46.7 Å². The molecule has 0 radical (unpaired) electrons. The predicted molar refractivity (Wildman–Crippen MR) is 155 cm³/mol. The first-order valence-corrected chi connectivity index (χ1v) is 13.8. The number of fused-ring (bicyclic) bond motifs is 1. The maximum Gasteiger partial charge on any atom is 0.414 e. The number of rotatable bonds is 3. The molecule has 2 aliphatic heterocycles. The van der Waals surface area contributed by atoms with Gasteiger partial charge in [0.05, 0.1) is 11.4 Å². The minimum Gasteiger partial charge on any atom is -0.443 e.